The number of pyridine rings is 1. The summed E-state index contributed by atoms with van der Waals surface area (Å²) in [5, 5.41) is 12.7. The molecule has 0 fully saturated rings. The molecule has 0 radical (unpaired) electrons. The van der Waals surface area contributed by atoms with Crippen molar-refractivity contribution in [1.82, 2.24) is 4.98 Å². The van der Waals surface area contributed by atoms with E-state index in [1.54, 1.807) is 19.5 Å². The number of aliphatic hydroxyl groups excluding tert-OH is 1. The van der Waals surface area contributed by atoms with Gasteiger partial charge in [0.25, 0.3) is 0 Å². The Kier molecular flexibility index (Phi) is 3.90. The predicted molar refractivity (Wildman–Crippen MR) is 86.5 cm³/mol. The van der Waals surface area contributed by atoms with E-state index in [4.69, 9.17) is 4.74 Å². The third kappa shape index (κ3) is 2.64. The van der Waals surface area contributed by atoms with E-state index in [1.807, 2.05) is 42.5 Å². The van der Waals surface area contributed by atoms with Crippen molar-refractivity contribution in [3.05, 3.63) is 70.5 Å². The predicted octanol–water partition coefficient (Wildman–Crippen LogP) is 4.09. The van der Waals surface area contributed by atoms with Crippen molar-refractivity contribution < 1.29 is 9.84 Å². The lowest BCUT2D eigenvalue weighted by Crippen LogP contribution is -2.01. The van der Waals surface area contributed by atoms with E-state index in [1.165, 1.54) is 0 Å². The maximum atomic E-state index is 10.7. The van der Waals surface area contributed by atoms with E-state index in [-0.39, 0.29) is 0 Å². The van der Waals surface area contributed by atoms with Crippen LogP contribution < -0.4 is 4.74 Å². The number of rotatable bonds is 3. The summed E-state index contributed by atoms with van der Waals surface area (Å²) in [6.07, 6.45) is 2.83. The molecule has 0 bridgehead atoms. The van der Waals surface area contributed by atoms with Crippen LogP contribution in [0.25, 0.3) is 10.8 Å². The Hall–Kier alpha value is -1.91. The molecule has 1 heterocycles. The van der Waals surface area contributed by atoms with E-state index < -0.39 is 6.10 Å². The number of fused-ring (bicyclic) bond motifs is 1. The van der Waals surface area contributed by atoms with E-state index in [0.29, 0.717) is 0 Å². The van der Waals surface area contributed by atoms with Gasteiger partial charge in [0.2, 0.25) is 0 Å². The van der Waals surface area contributed by atoms with Crippen molar-refractivity contribution in [2.45, 2.75) is 6.10 Å². The third-order valence-corrected chi connectivity index (χ3v) is 4.12. The monoisotopic (exact) mass is 343 g/mol. The molecule has 4 heteroatoms. The molecule has 1 N–H and O–H groups in total. The highest BCUT2D eigenvalue weighted by atomic mass is 79.9. The van der Waals surface area contributed by atoms with E-state index in [9.17, 15) is 5.11 Å². The summed E-state index contributed by atoms with van der Waals surface area (Å²) in [6, 6.07) is 13.4. The number of ether oxygens (including phenoxy) is 1. The fourth-order valence-corrected chi connectivity index (χ4v) is 2.97. The molecule has 0 aliphatic rings. The standard InChI is InChI=1S/C17H14BrNO2/c1-21-16-6-5-12(9-15(16)18)17(20)13-4-2-3-11-7-8-19-10-14(11)13/h2-10,17,20H,1H3. The molecule has 1 unspecified atom stereocenters. The molecule has 0 amide bonds. The number of methoxy groups -OCH3 is 1. The van der Waals surface area contributed by atoms with Crippen molar-refractivity contribution in [3.8, 4) is 5.75 Å². The molecule has 2 aromatic carbocycles. The first-order valence-corrected chi connectivity index (χ1v) is 7.34. The van der Waals surface area contributed by atoms with Crippen LogP contribution in [0.4, 0.5) is 0 Å². The zero-order chi connectivity index (χ0) is 14.8. The minimum Gasteiger partial charge on any atom is -0.496 e. The molecule has 1 aromatic heterocycles. The quantitative estimate of drug-likeness (QED) is 0.778. The first-order chi connectivity index (χ1) is 10.2. The first-order valence-electron chi connectivity index (χ1n) is 6.55. The Labute approximate surface area is 131 Å². The van der Waals surface area contributed by atoms with Crippen molar-refractivity contribution >= 4 is 26.7 Å². The maximum Gasteiger partial charge on any atom is 0.133 e. The Morgan fingerprint density at radius 1 is 1.19 bits per heavy atom. The molecule has 0 spiro atoms. The number of aliphatic hydroxyl groups is 1. The minimum atomic E-state index is -0.708. The number of nitrogens with zero attached hydrogens (tertiary/aromatic N) is 1. The van der Waals surface area contributed by atoms with Crippen LogP contribution in [0.3, 0.4) is 0 Å². The average molecular weight is 344 g/mol. The molecule has 1 atom stereocenters. The normalized spacial score (nSPS) is 12.3. The Morgan fingerprint density at radius 2 is 2.05 bits per heavy atom. The fourth-order valence-electron chi connectivity index (χ4n) is 2.41. The maximum absolute atomic E-state index is 10.7. The highest BCUT2D eigenvalue weighted by molar-refractivity contribution is 9.10. The lowest BCUT2D eigenvalue weighted by atomic mass is 9.97. The van der Waals surface area contributed by atoms with Gasteiger partial charge in [-0.05, 0) is 50.6 Å². The van der Waals surface area contributed by atoms with Crippen LogP contribution in [0.15, 0.2) is 59.3 Å². The molecular weight excluding hydrogens is 330 g/mol. The molecule has 3 rings (SSSR count). The Morgan fingerprint density at radius 3 is 2.81 bits per heavy atom. The highest BCUT2D eigenvalue weighted by Gasteiger charge is 2.15. The summed E-state index contributed by atoms with van der Waals surface area (Å²) in [5.74, 6) is 0.741. The third-order valence-electron chi connectivity index (χ3n) is 3.50. The lowest BCUT2D eigenvalue weighted by Gasteiger charge is -2.15. The van der Waals surface area contributed by atoms with E-state index in [0.717, 1.165) is 32.1 Å². The molecule has 3 aromatic rings. The number of hydrogen-bond donors (Lipinski definition) is 1. The SMILES string of the molecule is COc1ccc(C(O)c2cccc3ccncc23)cc1Br. The second kappa shape index (κ2) is 5.84. The Balaban J connectivity index is 2.08. The van der Waals surface area contributed by atoms with Crippen molar-refractivity contribution in [2.24, 2.45) is 0 Å². The molecular formula is C17H14BrNO2. The minimum absolute atomic E-state index is 0.708. The van der Waals surface area contributed by atoms with Crippen LogP contribution in [-0.4, -0.2) is 17.2 Å². The summed E-state index contributed by atoms with van der Waals surface area (Å²) in [4.78, 5) is 4.15. The summed E-state index contributed by atoms with van der Waals surface area (Å²) >= 11 is 3.45. The van der Waals surface area contributed by atoms with Crippen LogP contribution in [0, 0.1) is 0 Å². The number of halogens is 1. The highest BCUT2D eigenvalue weighted by Crippen LogP contribution is 2.33. The van der Waals surface area contributed by atoms with Gasteiger partial charge in [0, 0.05) is 17.8 Å². The largest absolute Gasteiger partial charge is 0.496 e. The van der Waals surface area contributed by atoms with Crippen LogP contribution in [0.1, 0.15) is 17.2 Å². The van der Waals surface area contributed by atoms with Crippen molar-refractivity contribution in [1.29, 1.82) is 0 Å². The topological polar surface area (TPSA) is 42.4 Å². The smallest absolute Gasteiger partial charge is 0.133 e. The van der Waals surface area contributed by atoms with Crippen LogP contribution >= 0.6 is 15.9 Å². The van der Waals surface area contributed by atoms with Gasteiger partial charge in [0.1, 0.15) is 11.9 Å². The number of hydrogen-bond acceptors (Lipinski definition) is 3. The van der Waals surface area contributed by atoms with Crippen LogP contribution in [0.2, 0.25) is 0 Å². The van der Waals surface area contributed by atoms with Crippen molar-refractivity contribution in [2.75, 3.05) is 7.11 Å². The fraction of sp³-hybridized carbons (Fsp3) is 0.118. The van der Waals surface area contributed by atoms with Gasteiger partial charge < -0.3 is 9.84 Å². The van der Waals surface area contributed by atoms with Crippen LogP contribution in [0.5, 0.6) is 5.75 Å². The summed E-state index contributed by atoms with van der Waals surface area (Å²) in [5.41, 5.74) is 1.65. The van der Waals surface area contributed by atoms with Gasteiger partial charge in [-0.2, -0.15) is 0 Å². The van der Waals surface area contributed by atoms with Gasteiger partial charge >= 0.3 is 0 Å². The number of benzene rings is 2. The summed E-state index contributed by atoms with van der Waals surface area (Å²) < 4.78 is 6.04. The van der Waals surface area contributed by atoms with Gasteiger partial charge in [0.05, 0.1) is 11.6 Å². The van der Waals surface area contributed by atoms with E-state index in [2.05, 4.69) is 20.9 Å². The molecule has 0 saturated carbocycles. The summed E-state index contributed by atoms with van der Waals surface area (Å²) in [6.45, 7) is 0. The molecule has 0 saturated heterocycles. The molecule has 0 aliphatic heterocycles. The second-order valence-corrected chi connectivity index (χ2v) is 5.59. The zero-order valence-corrected chi connectivity index (χ0v) is 13.0. The Bertz CT molecular complexity index is 783. The van der Waals surface area contributed by atoms with E-state index >= 15 is 0 Å². The molecule has 3 nitrogen and oxygen atoms in total. The second-order valence-electron chi connectivity index (χ2n) is 4.74. The van der Waals surface area contributed by atoms with Crippen molar-refractivity contribution in [3.63, 3.8) is 0 Å². The molecule has 0 aliphatic carbocycles. The van der Waals surface area contributed by atoms with Gasteiger partial charge in [-0.15, -0.1) is 0 Å². The van der Waals surface area contributed by atoms with Gasteiger partial charge in [-0.1, -0.05) is 24.3 Å². The molecule has 21 heavy (non-hydrogen) atoms. The lowest BCUT2D eigenvalue weighted by molar-refractivity contribution is 0.221. The average Bonchev–Trinajstić information content (AvgIpc) is 2.53. The number of aromatic nitrogens is 1. The van der Waals surface area contributed by atoms with Gasteiger partial charge in [0.15, 0.2) is 0 Å². The summed E-state index contributed by atoms with van der Waals surface area (Å²) in [7, 11) is 1.62. The zero-order valence-electron chi connectivity index (χ0n) is 11.5. The molecule has 106 valence electrons. The van der Waals surface area contributed by atoms with Gasteiger partial charge in [-0.3, -0.25) is 4.98 Å². The van der Waals surface area contributed by atoms with Gasteiger partial charge in [-0.25, -0.2) is 0 Å². The first kappa shape index (κ1) is 14.0. The van der Waals surface area contributed by atoms with Crippen LogP contribution in [-0.2, 0) is 0 Å².